The van der Waals surface area contributed by atoms with Gasteiger partial charge in [-0.25, -0.2) is 4.98 Å². The van der Waals surface area contributed by atoms with Crippen molar-refractivity contribution < 1.29 is 9.90 Å². The van der Waals surface area contributed by atoms with Gasteiger partial charge in [-0.1, -0.05) is 24.8 Å². The van der Waals surface area contributed by atoms with E-state index in [0.717, 1.165) is 40.2 Å². The molecule has 2 aromatic heterocycles. The highest BCUT2D eigenvalue weighted by Crippen LogP contribution is 2.27. The molecule has 0 unspecified atom stereocenters. The number of hydrogen-bond acceptors (Lipinski definition) is 5. The van der Waals surface area contributed by atoms with Crippen molar-refractivity contribution in [2.45, 2.75) is 18.5 Å². The Morgan fingerprint density at radius 1 is 1.38 bits per heavy atom. The zero-order valence-corrected chi connectivity index (χ0v) is 12.5. The summed E-state index contributed by atoms with van der Waals surface area (Å²) in [5.74, 6) is -0.967. The number of fused-ring (bicyclic) bond motifs is 3. The van der Waals surface area contributed by atoms with Crippen LogP contribution in [-0.4, -0.2) is 36.6 Å². The molecule has 0 bridgehead atoms. The highest BCUT2D eigenvalue weighted by molar-refractivity contribution is 7.99. The average molecular weight is 302 g/mol. The van der Waals surface area contributed by atoms with E-state index in [9.17, 15) is 4.79 Å². The lowest BCUT2D eigenvalue weighted by Gasteiger charge is -1.99. The number of aliphatic carboxylic acids is 1. The van der Waals surface area contributed by atoms with Gasteiger partial charge in [0.2, 0.25) is 5.16 Å². The normalized spacial score (nSPS) is 11.3. The van der Waals surface area contributed by atoms with Gasteiger partial charge in [0, 0.05) is 12.4 Å². The Balaban J connectivity index is 2.15. The van der Waals surface area contributed by atoms with Crippen LogP contribution in [-0.2, 0) is 18.3 Å². The molecule has 2 heterocycles. The highest BCUT2D eigenvalue weighted by atomic mass is 32.2. The number of rotatable bonds is 4. The first-order valence-corrected chi connectivity index (χ1v) is 7.55. The summed E-state index contributed by atoms with van der Waals surface area (Å²) in [6.07, 6.45) is 0.958. The second-order valence-corrected chi connectivity index (χ2v) is 5.66. The Morgan fingerprint density at radius 3 is 2.90 bits per heavy atom. The number of carboxylic acids is 1. The standard InChI is InChI=1S/C14H14N4O2S/c1-3-8-4-5-10-9(6-8)12-13(18(10)2)15-14(17-16-12)21-7-11(19)20/h4-6H,3,7H2,1-2H3,(H,19,20). The molecule has 0 radical (unpaired) electrons. The maximum absolute atomic E-state index is 10.6. The molecular formula is C14H14N4O2S. The van der Waals surface area contributed by atoms with Crippen LogP contribution in [0.25, 0.3) is 22.1 Å². The van der Waals surface area contributed by atoms with E-state index in [0.29, 0.717) is 5.16 Å². The maximum atomic E-state index is 10.6. The van der Waals surface area contributed by atoms with Crippen molar-refractivity contribution in [2.24, 2.45) is 7.05 Å². The van der Waals surface area contributed by atoms with Gasteiger partial charge in [-0.2, -0.15) is 0 Å². The summed E-state index contributed by atoms with van der Waals surface area (Å²) in [6.45, 7) is 2.11. The summed E-state index contributed by atoms with van der Waals surface area (Å²) in [7, 11) is 1.93. The third kappa shape index (κ3) is 2.44. The summed E-state index contributed by atoms with van der Waals surface area (Å²) >= 11 is 1.07. The van der Waals surface area contributed by atoms with Crippen LogP contribution in [0.3, 0.4) is 0 Å². The van der Waals surface area contributed by atoms with Gasteiger partial charge in [0.25, 0.3) is 0 Å². The minimum absolute atomic E-state index is 0.0723. The van der Waals surface area contributed by atoms with E-state index in [1.165, 1.54) is 5.56 Å². The topological polar surface area (TPSA) is 80.9 Å². The zero-order valence-electron chi connectivity index (χ0n) is 11.7. The van der Waals surface area contributed by atoms with Crippen molar-refractivity contribution in [1.82, 2.24) is 19.7 Å². The third-order valence-electron chi connectivity index (χ3n) is 3.38. The van der Waals surface area contributed by atoms with Crippen molar-refractivity contribution in [1.29, 1.82) is 0 Å². The van der Waals surface area contributed by atoms with Crippen LogP contribution in [0.1, 0.15) is 12.5 Å². The van der Waals surface area contributed by atoms with Crippen LogP contribution in [0.2, 0.25) is 0 Å². The number of hydrogen-bond donors (Lipinski definition) is 1. The van der Waals surface area contributed by atoms with Crippen molar-refractivity contribution >= 4 is 39.8 Å². The molecule has 0 amide bonds. The fraction of sp³-hybridized carbons (Fsp3) is 0.286. The molecule has 3 aromatic rings. The summed E-state index contributed by atoms with van der Waals surface area (Å²) in [5.41, 5.74) is 3.76. The molecule has 21 heavy (non-hydrogen) atoms. The van der Waals surface area contributed by atoms with Crippen LogP contribution in [0, 0.1) is 0 Å². The smallest absolute Gasteiger partial charge is 0.313 e. The Hall–Kier alpha value is -2.15. The number of aromatic nitrogens is 4. The number of benzene rings is 1. The van der Waals surface area contributed by atoms with Gasteiger partial charge in [0.15, 0.2) is 5.65 Å². The van der Waals surface area contributed by atoms with Crippen LogP contribution >= 0.6 is 11.8 Å². The molecule has 3 rings (SSSR count). The van der Waals surface area contributed by atoms with Gasteiger partial charge in [-0.15, -0.1) is 10.2 Å². The van der Waals surface area contributed by atoms with Crippen molar-refractivity contribution in [2.75, 3.05) is 5.75 Å². The Morgan fingerprint density at radius 2 is 2.19 bits per heavy atom. The van der Waals surface area contributed by atoms with E-state index >= 15 is 0 Å². The molecular weight excluding hydrogens is 288 g/mol. The molecule has 6 nitrogen and oxygen atoms in total. The van der Waals surface area contributed by atoms with Gasteiger partial charge in [0.05, 0.1) is 11.3 Å². The molecule has 0 aliphatic heterocycles. The minimum Gasteiger partial charge on any atom is -0.481 e. The fourth-order valence-electron chi connectivity index (χ4n) is 2.30. The minimum atomic E-state index is -0.895. The third-order valence-corrected chi connectivity index (χ3v) is 4.20. The number of thioether (sulfide) groups is 1. The first kappa shape index (κ1) is 13.8. The predicted octanol–water partition coefficient (Wildman–Crippen LogP) is 2.26. The molecule has 0 atom stereocenters. The SMILES string of the molecule is CCc1ccc2c(c1)c1nnc(SCC(=O)O)nc1n2C. The molecule has 0 aliphatic rings. The van der Waals surface area contributed by atoms with E-state index in [-0.39, 0.29) is 5.75 Å². The van der Waals surface area contributed by atoms with E-state index < -0.39 is 5.97 Å². The lowest BCUT2D eigenvalue weighted by molar-refractivity contribution is -0.133. The quantitative estimate of drug-likeness (QED) is 0.745. The molecule has 0 fully saturated rings. The lowest BCUT2D eigenvalue weighted by atomic mass is 10.1. The zero-order chi connectivity index (χ0) is 15.0. The Kier molecular flexibility index (Phi) is 3.50. The first-order valence-electron chi connectivity index (χ1n) is 6.56. The van der Waals surface area contributed by atoms with E-state index in [1.54, 1.807) is 0 Å². The number of carbonyl (C=O) groups is 1. The second-order valence-electron chi connectivity index (χ2n) is 4.71. The first-order chi connectivity index (χ1) is 10.1. The Labute approximate surface area is 125 Å². The van der Waals surface area contributed by atoms with Gasteiger partial charge in [0.1, 0.15) is 5.52 Å². The number of nitrogens with zero attached hydrogens (tertiary/aromatic N) is 4. The number of aryl methyl sites for hydroxylation is 2. The van der Waals surface area contributed by atoms with Crippen LogP contribution in [0.5, 0.6) is 0 Å². The molecule has 0 aliphatic carbocycles. The van der Waals surface area contributed by atoms with Gasteiger partial charge < -0.3 is 9.67 Å². The molecule has 1 N–H and O–H groups in total. The van der Waals surface area contributed by atoms with Crippen molar-refractivity contribution in [3.8, 4) is 0 Å². The lowest BCUT2D eigenvalue weighted by Crippen LogP contribution is -2.01. The van der Waals surface area contributed by atoms with Crippen LogP contribution < -0.4 is 0 Å². The van der Waals surface area contributed by atoms with Gasteiger partial charge in [-0.05, 0) is 24.1 Å². The molecule has 0 spiro atoms. The van der Waals surface area contributed by atoms with E-state index in [4.69, 9.17) is 5.11 Å². The fourth-order valence-corrected chi connectivity index (χ4v) is 2.80. The average Bonchev–Trinajstić information content (AvgIpc) is 2.77. The molecule has 7 heteroatoms. The summed E-state index contributed by atoms with van der Waals surface area (Å²) in [6, 6.07) is 6.26. The van der Waals surface area contributed by atoms with Crippen molar-refractivity contribution in [3.05, 3.63) is 23.8 Å². The largest absolute Gasteiger partial charge is 0.481 e. The summed E-state index contributed by atoms with van der Waals surface area (Å²) in [5, 5.41) is 18.4. The van der Waals surface area contributed by atoms with Crippen LogP contribution in [0.15, 0.2) is 23.4 Å². The monoisotopic (exact) mass is 302 g/mol. The molecule has 0 saturated carbocycles. The second kappa shape index (κ2) is 5.33. The van der Waals surface area contributed by atoms with Gasteiger partial charge >= 0.3 is 5.97 Å². The van der Waals surface area contributed by atoms with E-state index in [1.807, 2.05) is 11.6 Å². The molecule has 0 saturated heterocycles. The predicted molar refractivity (Wildman–Crippen MR) is 81.5 cm³/mol. The Bertz CT molecular complexity index is 844. The van der Waals surface area contributed by atoms with Crippen LogP contribution in [0.4, 0.5) is 0 Å². The van der Waals surface area contributed by atoms with Crippen molar-refractivity contribution in [3.63, 3.8) is 0 Å². The van der Waals surface area contributed by atoms with E-state index in [2.05, 4.69) is 40.3 Å². The molecule has 108 valence electrons. The molecule has 1 aromatic carbocycles. The maximum Gasteiger partial charge on any atom is 0.313 e. The summed E-state index contributed by atoms with van der Waals surface area (Å²) < 4.78 is 1.96. The van der Waals surface area contributed by atoms with Gasteiger partial charge in [-0.3, -0.25) is 4.79 Å². The number of carboxylic acid groups (broad SMARTS) is 1. The highest BCUT2D eigenvalue weighted by Gasteiger charge is 2.13. The summed E-state index contributed by atoms with van der Waals surface area (Å²) in [4.78, 5) is 15.0.